The maximum absolute atomic E-state index is 13.0. The quantitative estimate of drug-likeness (QED) is 0.787. The van der Waals surface area contributed by atoms with Crippen molar-refractivity contribution in [1.29, 1.82) is 0 Å². The largest absolute Gasteiger partial charge is 0.350 e. The molecule has 0 spiro atoms. The van der Waals surface area contributed by atoms with Crippen molar-refractivity contribution < 1.29 is 4.39 Å². The van der Waals surface area contributed by atoms with E-state index in [1.54, 1.807) is 17.0 Å². The van der Waals surface area contributed by atoms with Crippen LogP contribution in [0.5, 0.6) is 0 Å². The Labute approximate surface area is 96.9 Å². The average molecular weight is 238 g/mol. The van der Waals surface area contributed by atoms with Crippen LogP contribution in [-0.2, 0) is 6.54 Å². The van der Waals surface area contributed by atoms with E-state index in [0.717, 1.165) is 0 Å². The molecule has 1 aromatic carbocycles. The van der Waals surface area contributed by atoms with Crippen LogP contribution >= 0.6 is 11.6 Å². The normalized spacial score (nSPS) is 10.4. The lowest BCUT2D eigenvalue weighted by molar-refractivity contribution is 0.623. The number of rotatable bonds is 2. The molecule has 0 radical (unpaired) electrons. The monoisotopic (exact) mass is 237 g/mol. The van der Waals surface area contributed by atoms with Crippen molar-refractivity contribution >= 4 is 11.6 Å². The molecule has 0 saturated carbocycles. The molecule has 0 fully saturated rings. The predicted molar refractivity (Wildman–Crippen MR) is 61.2 cm³/mol. The molecule has 0 bridgehead atoms. The van der Waals surface area contributed by atoms with Crippen LogP contribution in [0.3, 0.4) is 0 Å². The molecular formula is C12H9ClFNO. The molecule has 2 rings (SSSR count). The van der Waals surface area contributed by atoms with Crippen LogP contribution in [0.2, 0.25) is 5.02 Å². The zero-order valence-corrected chi connectivity index (χ0v) is 9.12. The van der Waals surface area contributed by atoms with Gasteiger partial charge in [-0.15, -0.1) is 0 Å². The van der Waals surface area contributed by atoms with E-state index < -0.39 is 0 Å². The third-order valence-corrected chi connectivity index (χ3v) is 2.59. The molecule has 0 atom stereocenters. The highest BCUT2D eigenvalue weighted by Crippen LogP contribution is 2.17. The van der Waals surface area contributed by atoms with Crippen molar-refractivity contribution in [2.75, 3.05) is 0 Å². The highest BCUT2D eigenvalue weighted by atomic mass is 35.5. The Balaban J connectivity index is 2.30. The van der Waals surface area contributed by atoms with E-state index in [2.05, 4.69) is 0 Å². The Morgan fingerprint density at radius 2 is 1.88 bits per heavy atom. The number of nitrogens with zero attached hydrogens (tertiary/aromatic N) is 1. The van der Waals surface area contributed by atoms with Gasteiger partial charge in [-0.1, -0.05) is 11.6 Å². The Morgan fingerprint density at radius 3 is 2.56 bits per heavy atom. The van der Waals surface area contributed by atoms with Crippen molar-refractivity contribution in [3.05, 3.63) is 69.4 Å². The molecule has 82 valence electrons. The molecule has 0 aliphatic heterocycles. The Morgan fingerprint density at radius 1 is 1.19 bits per heavy atom. The Kier molecular flexibility index (Phi) is 3.06. The van der Waals surface area contributed by atoms with Gasteiger partial charge in [-0.2, -0.15) is 0 Å². The summed E-state index contributed by atoms with van der Waals surface area (Å²) in [7, 11) is 0. The van der Waals surface area contributed by atoms with Gasteiger partial charge in [0.2, 0.25) is 0 Å². The average Bonchev–Trinajstić information content (AvgIpc) is 2.27. The molecule has 1 aromatic heterocycles. The molecular weight excluding hydrogens is 229 g/mol. The van der Waals surface area contributed by atoms with Gasteiger partial charge in [-0.25, -0.2) is 4.39 Å². The molecule has 16 heavy (non-hydrogen) atoms. The standard InChI is InChI=1S/C12H9ClFNO/c13-12-2-1-10(14)7-9(12)8-15-5-3-11(16)4-6-15/h1-7H,8H2. The second-order valence-electron chi connectivity index (χ2n) is 3.44. The van der Waals surface area contributed by atoms with Gasteiger partial charge < -0.3 is 4.57 Å². The third kappa shape index (κ3) is 2.49. The minimum Gasteiger partial charge on any atom is -0.350 e. The van der Waals surface area contributed by atoms with Crippen LogP contribution < -0.4 is 5.43 Å². The summed E-state index contributed by atoms with van der Waals surface area (Å²) in [6.45, 7) is 0.441. The van der Waals surface area contributed by atoms with Crippen molar-refractivity contribution in [3.63, 3.8) is 0 Å². The summed E-state index contributed by atoms with van der Waals surface area (Å²) in [5.41, 5.74) is 0.631. The fraction of sp³-hybridized carbons (Fsp3) is 0.0833. The van der Waals surface area contributed by atoms with Crippen LogP contribution in [-0.4, -0.2) is 4.57 Å². The fourth-order valence-corrected chi connectivity index (χ4v) is 1.59. The summed E-state index contributed by atoms with van der Waals surface area (Å²) >= 11 is 5.94. The summed E-state index contributed by atoms with van der Waals surface area (Å²) in [5, 5.41) is 0.514. The minimum atomic E-state index is -0.319. The van der Waals surface area contributed by atoms with Crippen LogP contribution in [0.4, 0.5) is 4.39 Å². The van der Waals surface area contributed by atoms with E-state index in [1.807, 2.05) is 0 Å². The van der Waals surface area contributed by atoms with E-state index in [0.29, 0.717) is 17.1 Å². The molecule has 0 aliphatic carbocycles. The molecule has 0 aliphatic rings. The van der Waals surface area contributed by atoms with Gasteiger partial charge in [0.25, 0.3) is 0 Å². The third-order valence-electron chi connectivity index (χ3n) is 2.22. The minimum absolute atomic E-state index is 0.0541. The lowest BCUT2D eigenvalue weighted by atomic mass is 10.2. The van der Waals surface area contributed by atoms with Gasteiger partial charge in [0, 0.05) is 36.1 Å². The van der Waals surface area contributed by atoms with Gasteiger partial charge in [0.1, 0.15) is 5.82 Å². The second-order valence-corrected chi connectivity index (χ2v) is 3.85. The van der Waals surface area contributed by atoms with E-state index >= 15 is 0 Å². The van der Waals surface area contributed by atoms with Crippen molar-refractivity contribution in [3.8, 4) is 0 Å². The van der Waals surface area contributed by atoms with Crippen molar-refractivity contribution in [2.45, 2.75) is 6.54 Å². The number of aromatic nitrogens is 1. The van der Waals surface area contributed by atoms with E-state index in [9.17, 15) is 9.18 Å². The van der Waals surface area contributed by atoms with E-state index in [1.165, 1.54) is 30.3 Å². The van der Waals surface area contributed by atoms with Crippen molar-refractivity contribution in [1.82, 2.24) is 4.57 Å². The lowest BCUT2D eigenvalue weighted by Gasteiger charge is -2.07. The number of hydrogen-bond acceptors (Lipinski definition) is 1. The zero-order chi connectivity index (χ0) is 11.5. The van der Waals surface area contributed by atoms with Gasteiger partial charge >= 0.3 is 0 Å². The van der Waals surface area contributed by atoms with Gasteiger partial charge in [0.05, 0.1) is 0 Å². The second kappa shape index (κ2) is 4.49. The molecule has 0 amide bonds. The maximum Gasteiger partial charge on any atom is 0.181 e. The first-order valence-corrected chi connectivity index (χ1v) is 5.13. The number of benzene rings is 1. The predicted octanol–water partition coefficient (Wildman–Crippen LogP) is 2.69. The summed E-state index contributed by atoms with van der Waals surface area (Å²) in [6, 6.07) is 7.13. The van der Waals surface area contributed by atoms with Crippen LogP contribution in [0.15, 0.2) is 47.5 Å². The van der Waals surface area contributed by atoms with E-state index in [-0.39, 0.29) is 11.2 Å². The zero-order valence-electron chi connectivity index (χ0n) is 8.36. The first-order chi connectivity index (χ1) is 7.65. The van der Waals surface area contributed by atoms with Crippen molar-refractivity contribution in [2.24, 2.45) is 0 Å². The van der Waals surface area contributed by atoms with Crippen LogP contribution in [0.1, 0.15) is 5.56 Å². The van der Waals surface area contributed by atoms with E-state index in [4.69, 9.17) is 11.6 Å². The van der Waals surface area contributed by atoms with Gasteiger partial charge in [0.15, 0.2) is 5.43 Å². The van der Waals surface area contributed by atoms with Gasteiger partial charge in [-0.05, 0) is 23.8 Å². The van der Waals surface area contributed by atoms with Crippen LogP contribution in [0, 0.1) is 5.82 Å². The molecule has 2 nitrogen and oxygen atoms in total. The summed E-state index contributed by atoms with van der Waals surface area (Å²) < 4.78 is 14.8. The summed E-state index contributed by atoms with van der Waals surface area (Å²) in [4.78, 5) is 10.9. The molecule has 2 aromatic rings. The molecule has 0 unspecified atom stereocenters. The number of halogens is 2. The highest BCUT2D eigenvalue weighted by molar-refractivity contribution is 6.31. The molecule has 0 saturated heterocycles. The smallest absolute Gasteiger partial charge is 0.181 e. The lowest BCUT2D eigenvalue weighted by Crippen LogP contribution is -2.05. The maximum atomic E-state index is 13.0. The summed E-state index contributed by atoms with van der Waals surface area (Å²) in [6.07, 6.45) is 3.28. The number of pyridine rings is 1. The van der Waals surface area contributed by atoms with Gasteiger partial charge in [-0.3, -0.25) is 4.79 Å². The molecule has 4 heteroatoms. The topological polar surface area (TPSA) is 22.0 Å². The SMILES string of the molecule is O=c1ccn(Cc2cc(F)ccc2Cl)cc1. The highest BCUT2D eigenvalue weighted by Gasteiger charge is 2.02. The Bertz CT molecular complexity index is 545. The first-order valence-electron chi connectivity index (χ1n) is 4.75. The summed E-state index contributed by atoms with van der Waals surface area (Å²) in [5.74, 6) is -0.319. The number of hydrogen-bond donors (Lipinski definition) is 0. The first kappa shape index (κ1) is 10.9. The van der Waals surface area contributed by atoms with Crippen LogP contribution in [0.25, 0.3) is 0 Å². The fourth-order valence-electron chi connectivity index (χ4n) is 1.41. The Hall–Kier alpha value is -1.61. The molecule has 1 heterocycles. The molecule has 0 N–H and O–H groups in total.